The number of nitrogens with zero attached hydrogens (tertiary/aromatic N) is 2. The summed E-state index contributed by atoms with van der Waals surface area (Å²) in [4.78, 5) is 4.32. The van der Waals surface area contributed by atoms with Gasteiger partial charge in [0.25, 0.3) is 0 Å². The number of nitrogens with two attached hydrogens (primary N) is 1. The minimum Gasteiger partial charge on any atom is -0.495 e. The van der Waals surface area contributed by atoms with Crippen molar-refractivity contribution in [1.29, 1.82) is 5.26 Å². The summed E-state index contributed by atoms with van der Waals surface area (Å²) in [5.74, 6) is 2.22. The first-order chi connectivity index (χ1) is 12.7. The van der Waals surface area contributed by atoms with E-state index in [4.69, 9.17) is 25.2 Å². The van der Waals surface area contributed by atoms with Gasteiger partial charge in [-0.25, -0.2) is 4.99 Å². The first-order valence-corrected chi connectivity index (χ1v) is 8.23. The Kier molecular flexibility index (Phi) is 5.44. The summed E-state index contributed by atoms with van der Waals surface area (Å²) in [6.07, 6.45) is 0.856. The molecule has 7 heteroatoms. The van der Waals surface area contributed by atoms with E-state index in [9.17, 15) is 0 Å². The number of rotatable bonds is 4. The normalized spacial score (nSPS) is 13.5. The molecule has 0 aromatic heterocycles. The number of aliphatic imine (C=N–C) groups is 1. The van der Waals surface area contributed by atoms with Crippen molar-refractivity contribution >= 4 is 11.6 Å². The number of ether oxygens (including phenoxy) is 3. The molecular formula is C19H20N4O3. The summed E-state index contributed by atoms with van der Waals surface area (Å²) < 4.78 is 16.5. The van der Waals surface area contributed by atoms with Crippen LogP contribution < -0.4 is 25.3 Å². The summed E-state index contributed by atoms with van der Waals surface area (Å²) in [6, 6.07) is 12.9. The molecule has 1 aliphatic rings. The van der Waals surface area contributed by atoms with Gasteiger partial charge >= 0.3 is 0 Å². The third kappa shape index (κ3) is 4.16. The van der Waals surface area contributed by atoms with Crippen molar-refractivity contribution in [3.8, 4) is 23.3 Å². The van der Waals surface area contributed by atoms with Crippen molar-refractivity contribution in [1.82, 2.24) is 0 Å². The summed E-state index contributed by atoms with van der Waals surface area (Å²) in [5.41, 5.74) is 8.12. The molecule has 2 aromatic rings. The molecule has 0 atom stereocenters. The minimum atomic E-state index is 0.280. The van der Waals surface area contributed by atoms with Crippen LogP contribution in [0.5, 0.6) is 17.2 Å². The van der Waals surface area contributed by atoms with Crippen LogP contribution >= 0.6 is 0 Å². The molecule has 26 heavy (non-hydrogen) atoms. The van der Waals surface area contributed by atoms with E-state index in [1.165, 1.54) is 7.11 Å². The number of nitrogens with one attached hydrogen (secondary N) is 1. The van der Waals surface area contributed by atoms with E-state index in [-0.39, 0.29) is 5.96 Å². The van der Waals surface area contributed by atoms with Gasteiger partial charge in [-0.3, -0.25) is 0 Å². The van der Waals surface area contributed by atoms with Crippen LogP contribution in [0.4, 0.5) is 5.69 Å². The monoisotopic (exact) mass is 352 g/mol. The quantitative estimate of drug-likeness (QED) is 0.648. The maximum Gasteiger partial charge on any atom is 0.193 e. The van der Waals surface area contributed by atoms with Crippen molar-refractivity contribution in [2.24, 2.45) is 10.7 Å². The van der Waals surface area contributed by atoms with Gasteiger partial charge in [-0.2, -0.15) is 5.26 Å². The van der Waals surface area contributed by atoms with E-state index in [2.05, 4.69) is 16.4 Å². The van der Waals surface area contributed by atoms with Crippen LogP contribution in [-0.2, 0) is 6.54 Å². The number of methoxy groups -OCH3 is 1. The third-order valence-corrected chi connectivity index (χ3v) is 3.84. The van der Waals surface area contributed by atoms with Gasteiger partial charge in [-0.05, 0) is 29.8 Å². The molecule has 0 saturated heterocycles. The SMILES string of the molecule is COc1cc(CN=C(N)Nc2ccc3c(c2)OCCCO3)ccc1C#N. The average Bonchev–Trinajstić information content (AvgIpc) is 2.91. The van der Waals surface area contributed by atoms with Gasteiger partial charge in [0.05, 0.1) is 32.4 Å². The Morgan fingerprint density at radius 2 is 2.04 bits per heavy atom. The molecule has 0 radical (unpaired) electrons. The van der Waals surface area contributed by atoms with Gasteiger partial charge in [-0.1, -0.05) is 6.07 Å². The fourth-order valence-electron chi connectivity index (χ4n) is 2.53. The Balaban J connectivity index is 1.67. The second-order valence-electron chi connectivity index (χ2n) is 5.68. The predicted octanol–water partition coefficient (Wildman–Crippen LogP) is 2.65. The van der Waals surface area contributed by atoms with Crippen LogP contribution in [0.2, 0.25) is 0 Å². The molecule has 1 aliphatic heterocycles. The summed E-state index contributed by atoms with van der Waals surface area (Å²) >= 11 is 0. The predicted molar refractivity (Wildman–Crippen MR) is 98.7 cm³/mol. The van der Waals surface area contributed by atoms with Crippen molar-refractivity contribution in [2.45, 2.75) is 13.0 Å². The molecular weight excluding hydrogens is 332 g/mol. The molecule has 0 saturated carbocycles. The Labute approximate surface area is 152 Å². The number of guanidine groups is 1. The summed E-state index contributed by atoms with van der Waals surface area (Å²) in [5, 5.41) is 12.1. The molecule has 0 bridgehead atoms. The van der Waals surface area contributed by atoms with Crippen molar-refractivity contribution < 1.29 is 14.2 Å². The molecule has 3 N–H and O–H groups in total. The Morgan fingerprint density at radius 1 is 1.23 bits per heavy atom. The fraction of sp³-hybridized carbons (Fsp3) is 0.263. The van der Waals surface area contributed by atoms with Crippen LogP contribution in [0.15, 0.2) is 41.4 Å². The average molecular weight is 352 g/mol. The van der Waals surface area contributed by atoms with Gasteiger partial charge in [0.1, 0.15) is 11.8 Å². The van der Waals surface area contributed by atoms with Crippen molar-refractivity contribution in [3.63, 3.8) is 0 Å². The molecule has 0 amide bonds. The maximum atomic E-state index is 9.02. The zero-order chi connectivity index (χ0) is 18.4. The highest BCUT2D eigenvalue weighted by molar-refractivity contribution is 5.92. The highest BCUT2D eigenvalue weighted by Crippen LogP contribution is 2.32. The standard InChI is InChI=1S/C19H20N4O3/c1-24-17-9-13(3-4-14(17)11-20)12-22-19(21)23-15-5-6-16-18(10-15)26-8-2-7-25-16/h3-6,9-10H,2,7-8,12H2,1H3,(H3,21,22,23). The highest BCUT2D eigenvalue weighted by atomic mass is 16.5. The largest absolute Gasteiger partial charge is 0.495 e. The Bertz CT molecular complexity index is 858. The molecule has 0 aliphatic carbocycles. The van der Waals surface area contributed by atoms with Gasteiger partial charge in [0.15, 0.2) is 17.5 Å². The van der Waals surface area contributed by atoms with Crippen LogP contribution in [-0.4, -0.2) is 26.3 Å². The second-order valence-corrected chi connectivity index (χ2v) is 5.68. The van der Waals surface area contributed by atoms with Crippen LogP contribution in [0, 0.1) is 11.3 Å². The number of anilines is 1. The first kappa shape index (κ1) is 17.4. The van der Waals surface area contributed by atoms with E-state index in [1.807, 2.05) is 24.3 Å². The molecule has 0 fully saturated rings. The van der Waals surface area contributed by atoms with E-state index in [1.54, 1.807) is 12.1 Å². The molecule has 0 spiro atoms. The zero-order valence-corrected chi connectivity index (χ0v) is 14.5. The van der Waals surface area contributed by atoms with Crippen LogP contribution in [0.25, 0.3) is 0 Å². The number of benzene rings is 2. The lowest BCUT2D eigenvalue weighted by Crippen LogP contribution is -2.22. The van der Waals surface area contributed by atoms with Gasteiger partial charge in [0, 0.05) is 18.2 Å². The second kappa shape index (κ2) is 8.12. The molecule has 2 aromatic carbocycles. The van der Waals surface area contributed by atoms with Gasteiger partial charge < -0.3 is 25.3 Å². The minimum absolute atomic E-state index is 0.280. The molecule has 1 heterocycles. The molecule has 134 valence electrons. The lowest BCUT2D eigenvalue weighted by molar-refractivity contribution is 0.297. The molecule has 3 rings (SSSR count). The van der Waals surface area contributed by atoms with E-state index < -0.39 is 0 Å². The smallest absolute Gasteiger partial charge is 0.193 e. The Hall–Kier alpha value is -3.40. The van der Waals surface area contributed by atoms with Crippen LogP contribution in [0.3, 0.4) is 0 Å². The van der Waals surface area contributed by atoms with E-state index in [0.717, 1.165) is 23.4 Å². The van der Waals surface area contributed by atoms with E-state index >= 15 is 0 Å². The van der Waals surface area contributed by atoms with Gasteiger partial charge in [0.2, 0.25) is 0 Å². The van der Waals surface area contributed by atoms with Crippen molar-refractivity contribution in [2.75, 3.05) is 25.6 Å². The molecule has 0 unspecified atom stereocenters. The number of hydrogen-bond donors (Lipinski definition) is 2. The first-order valence-electron chi connectivity index (χ1n) is 8.23. The maximum absolute atomic E-state index is 9.02. The summed E-state index contributed by atoms with van der Waals surface area (Å²) in [7, 11) is 1.53. The third-order valence-electron chi connectivity index (χ3n) is 3.84. The summed E-state index contributed by atoms with van der Waals surface area (Å²) in [6.45, 7) is 1.64. The zero-order valence-electron chi connectivity index (χ0n) is 14.5. The topological polar surface area (TPSA) is 102 Å². The lowest BCUT2D eigenvalue weighted by Gasteiger charge is -2.11. The number of fused-ring (bicyclic) bond motifs is 1. The van der Waals surface area contributed by atoms with Crippen molar-refractivity contribution in [3.05, 3.63) is 47.5 Å². The lowest BCUT2D eigenvalue weighted by atomic mass is 10.1. The Morgan fingerprint density at radius 3 is 2.81 bits per heavy atom. The van der Waals surface area contributed by atoms with Gasteiger partial charge in [-0.15, -0.1) is 0 Å². The number of hydrogen-bond acceptors (Lipinski definition) is 5. The number of nitriles is 1. The fourth-order valence-corrected chi connectivity index (χ4v) is 2.53. The van der Waals surface area contributed by atoms with Crippen LogP contribution in [0.1, 0.15) is 17.5 Å². The van der Waals surface area contributed by atoms with E-state index in [0.29, 0.717) is 36.8 Å². The highest BCUT2D eigenvalue weighted by Gasteiger charge is 2.11. The molecule has 7 nitrogen and oxygen atoms in total.